The molecule has 1 heterocycles. The zero-order chi connectivity index (χ0) is 8.55. The van der Waals surface area contributed by atoms with Crippen molar-refractivity contribution in [3.8, 4) is 0 Å². The van der Waals surface area contributed by atoms with Crippen molar-refractivity contribution in [3.63, 3.8) is 0 Å². The van der Waals surface area contributed by atoms with Crippen molar-refractivity contribution in [2.45, 2.75) is 20.3 Å². The summed E-state index contributed by atoms with van der Waals surface area (Å²) in [7, 11) is 0. The van der Waals surface area contributed by atoms with Crippen LogP contribution in [0.1, 0.15) is 20.3 Å². The molecule has 1 saturated carbocycles. The number of hydrogen-bond acceptors (Lipinski definition) is 2. The van der Waals surface area contributed by atoms with E-state index in [-0.39, 0.29) is 0 Å². The van der Waals surface area contributed by atoms with Crippen LogP contribution in [-0.2, 0) is 9.47 Å². The predicted molar refractivity (Wildman–Crippen MR) is 46.1 cm³/mol. The van der Waals surface area contributed by atoms with Crippen LogP contribution in [0.5, 0.6) is 0 Å². The topological polar surface area (TPSA) is 18.5 Å². The predicted octanol–water partition coefficient (Wildman–Crippen LogP) is 2.43. The molecule has 3 rings (SSSR count). The van der Waals surface area contributed by atoms with Gasteiger partial charge in [-0.3, -0.25) is 0 Å². The smallest absolute Gasteiger partial charge is 0.230 e. The van der Waals surface area contributed by atoms with E-state index < -0.39 is 0 Å². The van der Waals surface area contributed by atoms with E-state index in [1.54, 1.807) is 0 Å². The summed E-state index contributed by atoms with van der Waals surface area (Å²) in [5.41, 5.74) is 0. The molecule has 2 heteroatoms. The zero-order valence-corrected chi connectivity index (χ0v) is 7.54. The second-order valence-corrected chi connectivity index (χ2v) is 3.00. The molecular weight excluding hydrogens is 152 g/mol. The van der Waals surface area contributed by atoms with Crippen molar-refractivity contribution in [3.05, 3.63) is 23.7 Å². The number of allylic oxidation sites excluding steroid dienone is 3. The Morgan fingerprint density at radius 1 is 1.33 bits per heavy atom. The van der Waals surface area contributed by atoms with E-state index >= 15 is 0 Å². The van der Waals surface area contributed by atoms with Gasteiger partial charge in [0.05, 0.1) is 0 Å². The quantitative estimate of drug-likeness (QED) is 0.550. The molecular formula is C10H14O2. The third kappa shape index (κ3) is 1.02. The monoisotopic (exact) mass is 166 g/mol. The van der Waals surface area contributed by atoms with Crippen LogP contribution in [0.15, 0.2) is 23.7 Å². The van der Waals surface area contributed by atoms with Gasteiger partial charge in [0, 0.05) is 5.92 Å². The Labute approximate surface area is 72.9 Å². The Balaban J connectivity index is 0.000000264. The van der Waals surface area contributed by atoms with Crippen LogP contribution < -0.4 is 0 Å². The van der Waals surface area contributed by atoms with Crippen molar-refractivity contribution >= 4 is 0 Å². The van der Waals surface area contributed by atoms with Gasteiger partial charge in [-0.25, -0.2) is 0 Å². The fraction of sp³-hybridized carbons (Fsp3) is 0.600. The lowest BCUT2D eigenvalue weighted by Crippen LogP contribution is -1.93. The molecule has 2 unspecified atom stereocenters. The highest BCUT2D eigenvalue weighted by atomic mass is 16.7. The first-order valence-corrected chi connectivity index (χ1v) is 4.63. The van der Waals surface area contributed by atoms with Gasteiger partial charge in [0.15, 0.2) is 5.76 Å². The number of fused-ring (bicyclic) bond motifs is 2. The average molecular weight is 166 g/mol. The maximum atomic E-state index is 5.32. The molecule has 0 amide bonds. The first-order chi connectivity index (χ1) is 5.95. The van der Waals surface area contributed by atoms with Crippen molar-refractivity contribution in [2.75, 3.05) is 6.79 Å². The second kappa shape index (κ2) is 2.85. The summed E-state index contributed by atoms with van der Waals surface area (Å²) in [4.78, 5) is 0. The SMILES string of the molecule is C1=CC2CC2C2=C1OCO2.CC. The molecule has 0 bridgehead atoms. The first kappa shape index (κ1) is 7.71. The molecule has 0 saturated heterocycles. The lowest BCUT2D eigenvalue weighted by Gasteiger charge is -2.01. The minimum Gasteiger partial charge on any atom is -0.458 e. The highest BCUT2D eigenvalue weighted by Crippen LogP contribution is 2.50. The summed E-state index contributed by atoms with van der Waals surface area (Å²) in [6.45, 7) is 4.43. The molecule has 2 aliphatic carbocycles. The molecule has 0 spiro atoms. The summed E-state index contributed by atoms with van der Waals surface area (Å²) in [6.07, 6.45) is 5.52. The van der Waals surface area contributed by atoms with Gasteiger partial charge in [-0.15, -0.1) is 0 Å². The lowest BCUT2D eigenvalue weighted by atomic mass is 10.1. The lowest BCUT2D eigenvalue weighted by molar-refractivity contribution is 0.0707. The van der Waals surface area contributed by atoms with Gasteiger partial charge in [-0.1, -0.05) is 19.9 Å². The summed E-state index contributed by atoms with van der Waals surface area (Å²) in [5.74, 6) is 3.51. The average Bonchev–Trinajstić information content (AvgIpc) is 2.79. The van der Waals surface area contributed by atoms with Crippen molar-refractivity contribution in [1.29, 1.82) is 0 Å². The normalized spacial score (nSPS) is 33.8. The Kier molecular flexibility index (Phi) is 1.83. The minimum atomic E-state index is 0.429. The maximum Gasteiger partial charge on any atom is 0.230 e. The van der Waals surface area contributed by atoms with Crippen molar-refractivity contribution in [1.82, 2.24) is 0 Å². The second-order valence-electron chi connectivity index (χ2n) is 3.00. The van der Waals surface area contributed by atoms with E-state index in [2.05, 4.69) is 6.08 Å². The standard InChI is InChI=1S/C8H8O2.C2H6/c1-2-7-8(10-4-9-7)6-3-5(1)6;1-2/h1-2,5-6H,3-4H2;1-2H3. The molecule has 2 nitrogen and oxygen atoms in total. The van der Waals surface area contributed by atoms with Gasteiger partial charge in [-0.05, 0) is 18.4 Å². The fourth-order valence-corrected chi connectivity index (χ4v) is 1.66. The summed E-state index contributed by atoms with van der Waals surface area (Å²) in [5, 5.41) is 0. The molecule has 0 aromatic rings. The molecule has 66 valence electrons. The van der Waals surface area contributed by atoms with Crippen LogP contribution in [-0.4, -0.2) is 6.79 Å². The van der Waals surface area contributed by atoms with Crippen LogP contribution in [0, 0.1) is 11.8 Å². The Hall–Kier alpha value is -0.920. The van der Waals surface area contributed by atoms with E-state index in [9.17, 15) is 0 Å². The third-order valence-electron chi connectivity index (χ3n) is 2.34. The number of hydrogen-bond donors (Lipinski definition) is 0. The molecule has 0 radical (unpaired) electrons. The van der Waals surface area contributed by atoms with E-state index in [4.69, 9.17) is 9.47 Å². The van der Waals surface area contributed by atoms with E-state index in [1.165, 1.54) is 6.42 Å². The molecule has 0 N–H and O–H groups in total. The number of rotatable bonds is 0. The fourth-order valence-electron chi connectivity index (χ4n) is 1.66. The molecule has 12 heavy (non-hydrogen) atoms. The Morgan fingerprint density at radius 2 is 2.17 bits per heavy atom. The summed E-state index contributed by atoms with van der Waals surface area (Å²) in [6, 6.07) is 0. The third-order valence-corrected chi connectivity index (χ3v) is 2.34. The van der Waals surface area contributed by atoms with Gasteiger partial charge in [-0.2, -0.15) is 0 Å². The van der Waals surface area contributed by atoms with Crippen LogP contribution in [0.4, 0.5) is 0 Å². The molecule has 1 aliphatic heterocycles. The van der Waals surface area contributed by atoms with Crippen molar-refractivity contribution in [2.24, 2.45) is 11.8 Å². The first-order valence-electron chi connectivity index (χ1n) is 4.63. The van der Waals surface area contributed by atoms with Gasteiger partial charge >= 0.3 is 0 Å². The van der Waals surface area contributed by atoms with E-state index in [0.29, 0.717) is 12.7 Å². The van der Waals surface area contributed by atoms with E-state index in [0.717, 1.165) is 17.4 Å². The molecule has 0 aromatic heterocycles. The summed E-state index contributed by atoms with van der Waals surface area (Å²) >= 11 is 0. The molecule has 1 fully saturated rings. The summed E-state index contributed by atoms with van der Waals surface area (Å²) < 4.78 is 10.5. The van der Waals surface area contributed by atoms with Crippen LogP contribution in [0.25, 0.3) is 0 Å². The van der Waals surface area contributed by atoms with Gasteiger partial charge in [0.1, 0.15) is 5.76 Å². The number of ether oxygens (including phenoxy) is 2. The van der Waals surface area contributed by atoms with Crippen LogP contribution in [0.2, 0.25) is 0 Å². The van der Waals surface area contributed by atoms with Crippen LogP contribution in [0.3, 0.4) is 0 Å². The Morgan fingerprint density at radius 3 is 3.00 bits per heavy atom. The maximum absolute atomic E-state index is 5.32. The Bertz CT molecular complexity index is 240. The largest absolute Gasteiger partial charge is 0.458 e. The molecule has 0 aromatic carbocycles. The molecule has 3 aliphatic rings. The zero-order valence-electron chi connectivity index (χ0n) is 7.54. The highest BCUT2D eigenvalue weighted by molar-refractivity contribution is 5.32. The minimum absolute atomic E-state index is 0.429. The molecule has 2 atom stereocenters. The van der Waals surface area contributed by atoms with Crippen LogP contribution >= 0.6 is 0 Å². The van der Waals surface area contributed by atoms with Gasteiger partial charge < -0.3 is 9.47 Å². The van der Waals surface area contributed by atoms with Crippen molar-refractivity contribution < 1.29 is 9.47 Å². The van der Waals surface area contributed by atoms with Gasteiger partial charge in [0.2, 0.25) is 6.79 Å². The van der Waals surface area contributed by atoms with Gasteiger partial charge in [0.25, 0.3) is 0 Å². The highest BCUT2D eigenvalue weighted by Gasteiger charge is 2.45. The van der Waals surface area contributed by atoms with E-state index in [1.807, 2.05) is 19.9 Å².